The Balaban J connectivity index is 1.87. The van der Waals surface area contributed by atoms with Crippen molar-refractivity contribution < 1.29 is 14.0 Å². The fourth-order valence-electron chi connectivity index (χ4n) is 3.34. The Morgan fingerprint density at radius 3 is 2.88 bits per heavy atom. The van der Waals surface area contributed by atoms with Gasteiger partial charge in [0.05, 0.1) is 6.04 Å². The van der Waals surface area contributed by atoms with Crippen LogP contribution in [0.25, 0.3) is 11.0 Å². The maximum atomic E-state index is 12.4. The van der Waals surface area contributed by atoms with Crippen molar-refractivity contribution in [3.63, 3.8) is 0 Å². The zero-order valence-electron chi connectivity index (χ0n) is 13.9. The van der Waals surface area contributed by atoms with Crippen LogP contribution in [-0.2, 0) is 16.1 Å². The molecule has 128 valence electrons. The third-order valence-corrected chi connectivity index (χ3v) is 4.80. The molecule has 24 heavy (non-hydrogen) atoms. The third-order valence-electron chi connectivity index (χ3n) is 4.57. The Labute approximate surface area is 146 Å². The molecule has 5 nitrogen and oxygen atoms in total. The minimum Gasteiger partial charge on any atom is -0.461 e. The highest BCUT2D eigenvalue weighted by molar-refractivity contribution is 6.27. The predicted molar refractivity (Wildman–Crippen MR) is 92.9 cm³/mol. The van der Waals surface area contributed by atoms with E-state index in [1.54, 1.807) is 16.7 Å². The van der Waals surface area contributed by atoms with Crippen LogP contribution in [0.5, 0.6) is 0 Å². The molecule has 0 saturated carbocycles. The molecular weight excluding hydrogens is 328 g/mol. The summed E-state index contributed by atoms with van der Waals surface area (Å²) in [6.45, 7) is 5.14. The average Bonchev–Trinajstić information content (AvgIpc) is 3.17. The van der Waals surface area contributed by atoms with Gasteiger partial charge >= 0.3 is 0 Å². The number of furan rings is 1. The molecule has 1 aromatic heterocycles. The second kappa shape index (κ2) is 6.85. The first-order chi connectivity index (χ1) is 11.5. The zero-order valence-corrected chi connectivity index (χ0v) is 14.7. The van der Waals surface area contributed by atoms with Gasteiger partial charge in [0.1, 0.15) is 17.2 Å². The minimum absolute atomic E-state index is 0.00790. The predicted octanol–water partition coefficient (Wildman–Crippen LogP) is 2.93. The smallest absolute Gasteiger partial charge is 0.238 e. The van der Waals surface area contributed by atoms with Crippen molar-refractivity contribution in [1.29, 1.82) is 0 Å². The molecule has 1 saturated heterocycles. The first-order valence-corrected chi connectivity index (χ1v) is 8.62. The summed E-state index contributed by atoms with van der Waals surface area (Å²) in [4.78, 5) is 27.5. The Morgan fingerprint density at radius 1 is 1.42 bits per heavy atom. The monoisotopic (exact) mass is 348 g/mol. The number of benzene rings is 1. The van der Waals surface area contributed by atoms with Crippen molar-refractivity contribution in [1.82, 2.24) is 9.80 Å². The molecule has 0 spiro atoms. The SMILES string of the molecule is CC(=O)N1CCC(N(Cc2cccc3cc(C)oc23)C(=O)CCl)C1. The summed E-state index contributed by atoms with van der Waals surface area (Å²) in [6.07, 6.45) is 0.773. The number of carbonyl (C=O) groups is 2. The fourth-order valence-corrected chi connectivity index (χ4v) is 3.49. The van der Waals surface area contributed by atoms with Crippen molar-refractivity contribution in [3.8, 4) is 0 Å². The van der Waals surface area contributed by atoms with Crippen molar-refractivity contribution in [2.75, 3.05) is 19.0 Å². The molecule has 1 aliphatic rings. The first kappa shape index (κ1) is 16.8. The summed E-state index contributed by atoms with van der Waals surface area (Å²) in [7, 11) is 0. The topological polar surface area (TPSA) is 53.8 Å². The summed E-state index contributed by atoms with van der Waals surface area (Å²) in [6, 6.07) is 7.91. The number of hydrogen-bond donors (Lipinski definition) is 0. The zero-order chi connectivity index (χ0) is 17.3. The minimum atomic E-state index is -0.118. The lowest BCUT2D eigenvalue weighted by molar-refractivity contribution is -0.133. The van der Waals surface area contributed by atoms with Gasteiger partial charge in [-0.1, -0.05) is 18.2 Å². The van der Waals surface area contributed by atoms with Gasteiger partial charge in [-0.25, -0.2) is 0 Å². The lowest BCUT2D eigenvalue weighted by atomic mass is 10.1. The third kappa shape index (κ3) is 3.26. The quantitative estimate of drug-likeness (QED) is 0.798. The van der Waals surface area contributed by atoms with E-state index in [9.17, 15) is 9.59 Å². The Bertz CT molecular complexity index is 771. The van der Waals surface area contributed by atoms with Gasteiger partial charge in [-0.2, -0.15) is 0 Å². The van der Waals surface area contributed by atoms with Gasteiger partial charge in [-0.3, -0.25) is 9.59 Å². The second-order valence-electron chi connectivity index (χ2n) is 6.26. The van der Waals surface area contributed by atoms with E-state index in [0.717, 1.165) is 28.7 Å². The number of likely N-dealkylation sites (tertiary alicyclic amines) is 1. The molecule has 1 unspecified atom stereocenters. The van der Waals surface area contributed by atoms with Crippen LogP contribution in [-0.4, -0.2) is 46.6 Å². The van der Waals surface area contributed by atoms with Gasteiger partial charge in [0.25, 0.3) is 0 Å². The van der Waals surface area contributed by atoms with Crippen molar-refractivity contribution >= 4 is 34.4 Å². The first-order valence-electron chi connectivity index (χ1n) is 8.08. The molecule has 1 atom stereocenters. The molecule has 0 aliphatic carbocycles. The molecule has 6 heteroatoms. The molecule has 1 aromatic carbocycles. The number of hydrogen-bond acceptors (Lipinski definition) is 3. The van der Waals surface area contributed by atoms with E-state index in [1.807, 2.05) is 31.2 Å². The summed E-state index contributed by atoms with van der Waals surface area (Å²) in [5.74, 6) is 0.701. The van der Waals surface area contributed by atoms with Crippen LogP contribution in [0.1, 0.15) is 24.7 Å². The standard InChI is InChI=1S/C18H21ClN2O3/c1-12-8-14-4-3-5-15(18(14)24-12)10-21(17(23)9-19)16-6-7-20(11-16)13(2)22/h3-5,8,16H,6-7,9-11H2,1-2H3. The molecule has 0 radical (unpaired) electrons. The van der Waals surface area contributed by atoms with Crippen LogP contribution in [0.3, 0.4) is 0 Å². The molecule has 2 aromatic rings. The van der Waals surface area contributed by atoms with Gasteiger partial charge in [-0.05, 0) is 19.4 Å². The second-order valence-corrected chi connectivity index (χ2v) is 6.52. The molecular formula is C18H21ClN2O3. The maximum Gasteiger partial charge on any atom is 0.238 e. The highest BCUT2D eigenvalue weighted by atomic mass is 35.5. The van der Waals surface area contributed by atoms with E-state index in [0.29, 0.717) is 19.6 Å². The molecule has 1 fully saturated rings. The van der Waals surface area contributed by atoms with Gasteiger partial charge in [0.2, 0.25) is 11.8 Å². The lowest BCUT2D eigenvalue weighted by Crippen LogP contribution is -2.42. The number of carbonyl (C=O) groups excluding carboxylic acids is 2. The Hall–Kier alpha value is -2.01. The molecule has 1 aliphatic heterocycles. The van der Waals surface area contributed by atoms with E-state index in [1.165, 1.54) is 0 Å². The van der Waals surface area contributed by atoms with Crippen LogP contribution in [0.2, 0.25) is 0 Å². The highest BCUT2D eigenvalue weighted by Gasteiger charge is 2.31. The molecule has 2 heterocycles. The van der Waals surface area contributed by atoms with Gasteiger partial charge < -0.3 is 14.2 Å². The summed E-state index contributed by atoms with van der Waals surface area (Å²) in [5.41, 5.74) is 1.77. The van der Waals surface area contributed by atoms with Gasteiger partial charge in [0.15, 0.2) is 0 Å². The maximum absolute atomic E-state index is 12.4. The molecule has 0 N–H and O–H groups in total. The van der Waals surface area contributed by atoms with E-state index in [4.69, 9.17) is 16.0 Å². The van der Waals surface area contributed by atoms with Crippen LogP contribution in [0, 0.1) is 6.92 Å². The number of halogens is 1. The van der Waals surface area contributed by atoms with E-state index < -0.39 is 0 Å². The Kier molecular flexibility index (Phi) is 4.81. The largest absolute Gasteiger partial charge is 0.461 e. The number of rotatable bonds is 4. The van der Waals surface area contributed by atoms with E-state index in [2.05, 4.69) is 0 Å². The fraction of sp³-hybridized carbons (Fsp3) is 0.444. The number of amides is 2. The number of aryl methyl sites for hydroxylation is 1. The molecule has 2 amide bonds. The molecule has 3 rings (SSSR count). The van der Waals surface area contributed by atoms with Crippen molar-refractivity contribution in [3.05, 3.63) is 35.6 Å². The van der Waals surface area contributed by atoms with E-state index >= 15 is 0 Å². The summed E-state index contributed by atoms with van der Waals surface area (Å²) in [5, 5.41) is 1.03. The number of fused-ring (bicyclic) bond motifs is 1. The number of alkyl halides is 1. The lowest BCUT2D eigenvalue weighted by Gasteiger charge is -2.28. The van der Waals surface area contributed by atoms with Gasteiger partial charge in [0, 0.05) is 37.5 Å². The normalized spacial score (nSPS) is 17.5. The van der Waals surface area contributed by atoms with Crippen LogP contribution >= 0.6 is 11.6 Å². The van der Waals surface area contributed by atoms with Crippen LogP contribution in [0.15, 0.2) is 28.7 Å². The summed E-state index contributed by atoms with van der Waals surface area (Å²) >= 11 is 5.82. The highest BCUT2D eigenvalue weighted by Crippen LogP contribution is 2.26. The molecule has 0 bridgehead atoms. The average molecular weight is 349 g/mol. The van der Waals surface area contributed by atoms with E-state index in [-0.39, 0.29) is 23.7 Å². The number of para-hydroxylation sites is 1. The van der Waals surface area contributed by atoms with Crippen molar-refractivity contribution in [2.24, 2.45) is 0 Å². The summed E-state index contributed by atoms with van der Waals surface area (Å²) < 4.78 is 5.80. The van der Waals surface area contributed by atoms with Gasteiger partial charge in [-0.15, -0.1) is 11.6 Å². The number of nitrogens with zero attached hydrogens (tertiary/aromatic N) is 2. The van der Waals surface area contributed by atoms with Crippen molar-refractivity contribution in [2.45, 2.75) is 32.9 Å². The Morgan fingerprint density at radius 2 is 2.21 bits per heavy atom. The van der Waals surface area contributed by atoms with Crippen LogP contribution < -0.4 is 0 Å². The van der Waals surface area contributed by atoms with Crippen LogP contribution in [0.4, 0.5) is 0 Å².